The Bertz CT molecular complexity index is 579. The number of carbonyl (C=O) groups excluding carboxylic acids is 1. The number of esters is 1. The predicted octanol–water partition coefficient (Wildman–Crippen LogP) is 2.81. The van der Waals surface area contributed by atoms with Crippen molar-refractivity contribution < 1.29 is 18.3 Å². The van der Waals surface area contributed by atoms with E-state index in [1.54, 1.807) is 12.1 Å². The molecule has 0 aliphatic carbocycles. The van der Waals surface area contributed by atoms with Gasteiger partial charge in [-0.3, -0.25) is 0 Å². The van der Waals surface area contributed by atoms with Crippen LogP contribution in [0.15, 0.2) is 36.4 Å². The van der Waals surface area contributed by atoms with Crippen molar-refractivity contribution in [2.75, 3.05) is 7.11 Å². The summed E-state index contributed by atoms with van der Waals surface area (Å²) in [5.74, 6) is -2.00. The van der Waals surface area contributed by atoms with Crippen molar-refractivity contribution in [2.45, 2.75) is 0 Å². The smallest absolute Gasteiger partial charge is 0.356 e. The molecule has 0 bridgehead atoms. The summed E-state index contributed by atoms with van der Waals surface area (Å²) in [4.78, 5) is 15.3. The first kappa shape index (κ1) is 12.2. The largest absolute Gasteiger partial charge is 0.464 e. The van der Waals surface area contributed by atoms with Gasteiger partial charge >= 0.3 is 5.97 Å². The number of nitrogens with zero attached hydrogens (tertiary/aromatic N) is 1. The molecule has 1 aromatic carbocycles. The monoisotopic (exact) mass is 249 g/mol. The van der Waals surface area contributed by atoms with Gasteiger partial charge in [-0.2, -0.15) is 0 Å². The van der Waals surface area contributed by atoms with Gasteiger partial charge in [-0.25, -0.2) is 18.6 Å². The van der Waals surface area contributed by atoms with Gasteiger partial charge in [-0.15, -0.1) is 0 Å². The van der Waals surface area contributed by atoms with Crippen LogP contribution in [0.25, 0.3) is 11.3 Å². The number of carbonyl (C=O) groups is 1. The van der Waals surface area contributed by atoms with E-state index in [4.69, 9.17) is 0 Å². The van der Waals surface area contributed by atoms with E-state index in [-0.39, 0.29) is 11.3 Å². The quantitative estimate of drug-likeness (QED) is 0.768. The van der Waals surface area contributed by atoms with Gasteiger partial charge in [0.1, 0.15) is 17.3 Å². The van der Waals surface area contributed by atoms with Crippen molar-refractivity contribution in [3.63, 3.8) is 0 Å². The van der Waals surface area contributed by atoms with Crippen molar-refractivity contribution in [3.8, 4) is 11.3 Å². The highest BCUT2D eigenvalue weighted by atomic mass is 19.1. The second kappa shape index (κ2) is 4.91. The lowest BCUT2D eigenvalue weighted by Gasteiger charge is -2.04. The third kappa shape index (κ3) is 2.51. The van der Waals surface area contributed by atoms with Crippen molar-refractivity contribution in [1.82, 2.24) is 4.98 Å². The van der Waals surface area contributed by atoms with Gasteiger partial charge in [0, 0.05) is 11.6 Å². The summed E-state index contributed by atoms with van der Waals surface area (Å²) in [6.45, 7) is 0. The lowest BCUT2D eigenvalue weighted by Crippen LogP contribution is -2.04. The van der Waals surface area contributed by atoms with Crippen molar-refractivity contribution in [2.24, 2.45) is 0 Å². The van der Waals surface area contributed by atoms with Gasteiger partial charge in [-0.1, -0.05) is 6.07 Å². The van der Waals surface area contributed by atoms with E-state index in [0.29, 0.717) is 5.69 Å². The number of hydrogen-bond acceptors (Lipinski definition) is 3. The van der Waals surface area contributed by atoms with E-state index in [9.17, 15) is 13.6 Å². The Labute approximate surface area is 102 Å². The zero-order valence-corrected chi connectivity index (χ0v) is 9.48. The Kier molecular flexibility index (Phi) is 3.32. The third-order valence-electron chi connectivity index (χ3n) is 2.30. The molecule has 0 N–H and O–H groups in total. The molecule has 0 spiro atoms. The molecule has 0 amide bonds. The van der Waals surface area contributed by atoms with Crippen LogP contribution < -0.4 is 0 Å². The van der Waals surface area contributed by atoms with Crippen LogP contribution in [0.2, 0.25) is 0 Å². The van der Waals surface area contributed by atoms with Crippen LogP contribution in [-0.2, 0) is 4.74 Å². The number of hydrogen-bond donors (Lipinski definition) is 0. The van der Waals surface area contributed by atoms with E-state index in [2.05, 4.69) is 9.72 Å². The third-order valence-corrected chi connectivity index (χ3v) is 2.30. The number of pyridine rings is 1. The number of halogens is 2. The molecule has 5 heteroatoms. The molecule has 92 valence electrons. The van der Waals surface area contributed by atoms with E-state index < -0.39 is 17.6 Å². The highest BCUT2D eigenvalue weighted by molar-refractivity contribution is 5.87. The van der Waals surface area contributed by atoms with Gasteiger partial charge in [0.15, 0.2) is 0 Å². The summed E-state index contributed by atoms with van der Waals surface area (Å²) in [5, 5.41) is 0. The number of ether oxygens (including phenoxy) is 1. The number of rotatable bonds is 2. The molecule has 0 aliphatic heterocycles. The van der Waals surface area contributed by atoms with E-state index in [1.165, 1.54) is 13.2 Å². The second-order valence-electron chi connectivity index (χ2n) is 3.56. The zero-order chi connectivity index (χ0) is 13.1. The minimum absolute atomic E-state index is 0.0830. The molecule has 0 fully saturated rings. The summed E-state index contributed by atoms with van der Waals surface area (Å²) in [6.07, 6.45) is 0. The minimum Gasteiger partial charge on any atom is -0.464 e. The van der Waals surface area contributed by atoms with Gasteiger partial charge in [0.2, 0.25) is 0 Å². The summed E-state index contributed by atoms with van der Waals surface area (Å²) in [7, 11) is 1.23. The summed E-state index contributed by atoms with van der Waals surface area (Å²) >= 11 is 0. The lowest BCUT2D eigenvalue weighted by atomic mass is 10.1. The number of aromatic nitrogens is 1. The van der Waals surface area contributed by atoms with Crippen molar-refractivity contribution in [3.05, 3.63) is 53.7 Å². The fraction of sp³-hybridized carbons (Fsp3) is 0.0769. The molecular weight excluding hydrogens is 240 g/mol. The predicted molar refractivity (Wildman–Crippen MR) is 60.9 cm³/mol. The van der Waals surface area contributed by atoms with Crippen LogP contribution in [-0.4, -0.2) is 18.1 Å². The first-order valence-corrected chi connectivity index (χ1v) is 5.12. The van der Waals surface area contributed by atoms with Gasteiger partial charge in [-0.05, 0) is 24.3 Å². The molecule has 3 nitrogen and oxygen atoms in total. The van der Waals surface area contributed by atoms with E-state index >= 15 is 0 Å². The van der Waals surface area contributed by atoms with Crippen LogP contribution in [0.5, 0.6) is 0 Å². The highest BCUT2D eigenvalue weighted by Gasteiger charge is 2.10. The lowest BCUT2D eigenvalue weighted by molar-refractivity contribution is 0.0594. The topological polar surface area (TPSA) is 39.2 Å². The number of benzene rings is 1. The molecule has 18 heavy (non-hydrogen) atoms. The molecule has 0 aliphatic rings. The average molecular weight is 249 g/mol. The zero-order valence-electron chi connectivity index (χ0n) is 9.48. The summed E-state index contributed by atoms with van der Waals surface area (Å²) in [6, 6.07) is 7.65. The van der Waals surface area contributed by atoms with Crippen LogP contribution in [0.4, 0.5) is 8.78 Å². The van der Waals surface area contributed by atoms with Crippen molar-refractivity contribution >= 4 is 5.97 Å². The first-order chi connectivity index (χ1) is 8.60. The standard InChI is InChI=1S/C13H9F2NO2/c1-18-13(17)12-4-2-3-11(16-12)8-5-9(14)7-10(15)6-8/h2-7H,1H3. The highest BCUT2D eigenvalue weighted by Crippen LogP contribution is 2.20. The fourth-order valence-corrected chi connectivity index (χ4v) is 1.52. The normalized spacial score (nSPS) is 10.2. The molecule has 2 aromatic rings. The second-order valence-corrected chi connectivity index (χ2v) is 3.56. The van der Waals surface area contributed by atoms with Crippen LogP contribution in [0.1, 0.15) is 10.5 Å². The van der Waals surface area contributed by atoms with E-state index in [1.807, 2.05) is 0 Å². The molecule has 1 heterocycles. The molecule has 0 unspecified atom stereocenters. The molecule has 0 saturated heterocycles. The molecule has 1 aromatic heterocycles. The van der Waals surface area contributed by atoms with Gasteiger partial charge < -0.3 is 4.74 Å². The Morgan fingerprint density at radius 1 is 1.17 bits per heavy atom. The van der Waals surface area contributed by atoms with Crippen LogP contribution in [0.3, 0.4) is 0 Å². The van der Waals surface area contributed by atoms with Gasteiger partial charge in [0.05, 0.1) is 12.8 Å². The summed E-state index contributed by atoms with van der Waals surface area (Å²) < 4.78 is 30.7. The maximum atomic E-state index is 13.1. The first-order valence-electron chi connectivity index (χ1n) is 5.12. The Hall–Kier alpha value is -2.30. The van der Waals surface area contributed by atoms with Gasteiger partial charge in [0.25, 0.3) is 0 Å². The van der Waals surface area contributed by atoms with Crippen LogP contribution >= 0.6 is 0 Å². The van der Waals surface area contributed by atoms with Crippen LogP contribution in [0, 0.1) is 11.6 Å². The molecular formula is C13H9F2NO2. The summed E-state index contributed by atoms with van der Waals surface area (Å²) in [5.41, 5.74) is 0.647. The SMILES string of the molecule is COC(=O)c1cccc(-c2cc(F)cc(F)c2)n1. The number of methoxy groups -OCH3 is 1. The Morgan fingerprint density at radius 2 is 1.83 bits per heavy atom. The Balaban J connectivity index is 2.47. The molecule has 0 radical (unpaired) electrons. The fourth-order valence-electron chi connectivity index (χ4n) is 1.52. The minimum atomic E-state index is -0.699. The van der Waals surface area contributed by atoms with Crippen molar-refractivity contribution in [1.29, 1.82) is 0 Å². The Morgan fingerprint density at radius 3 is 2.44 bits per heavy atom. The average Bonchev–Trinajstić information content (AvgIpc) is 2.37. The molecule has 0 atom stereocenters. The maximum Gasteiger partial charge on any atom is 0.356 e. The molecule has 2 rings (SSSR count). The molecule has 0 saturated carbocycles. The maximum absolute atomic E-state index is 13.1. The van der Waals surface area contributed by atoms with E-state index in [0.717, 1.165) is 18.2 Å².